The number of fused-ring (bicyclic) bond motifs is 1. The van der Waals surface area contributed by atoms with Gasteiger partial charge in [-0.1, -0.05) is 0 Å². The van der Waals surface area contributed by atoms with Crippen molar-refractivity contribution in [3.63, 3.8) is 0 Å². The molecule has 0 aliphatic heterocycles. The van der Waals surface area contributed by atoms with Crippen LogP contribution in [0.5, 0.6) is 5.75 Å². The van der Waals surface area contributed by atoms with Gasteiger partial charge in [-0.2, -0.15) is 0 Å². The molecule has 5 nitrogen and oxygen atoms in total. The number of rotatable bonds is 4. The minimum absolute atomic E-state index is 0.300. The number of carbonyl (C=O) groups excluding carboxylic acids is 2. The van der Waals surface area contributed by atoms with Crippen molar-refractivity contribution in [2.75, 3.05) is 14.2 Å². The van der Waals surface area contributed by atoms with E-state index in [2.05, 4.69) is 5.32 Å². The highest BCUT2D eigenvalue weighted by Crippen LogP contribution is 2.36. The monoisotopic (exact) mass is 327 g/mol. The molecule has 2 aromatic carbocycles. The van der Waals surface area contributed by atoms with Gasteiger partial charge in [0.05, 0.1) is 18.2 Å². The molecule has 0 aliphatic rings. The van der Waals surface area contributed by atoms with Crippen molar-refractivity contribution < 1.29 is 23.1 Å². The van der Waals surface area contributed by atoms with Crippen LogP contribution in [-0.4, -0.2) is 26.4 Å². The Hall–Kier alpha value is -3.15. The van der Waals surface area contributed by atoms with Gasteiger partial charge in [0, 0.05) is 18.0 Å². The van der Waals surface area contributed by atoms with E-state index in [-0.39, 0.29) is 11.7 Å². The van der Waals surface area contributed by atoms with Crippen LogP contribution in [0.3, 0.4) is 0 Å². The van der Waals surface area contributed by atoms with E-state index < -0.39 is 0 Å². The highest BCUT2D eigenvalue weighted by Gasteiger charge is 2.23. The molecule has 122 valence electrons. The largest absolute Gasteiger partial charge is 0.496 e. The van der Waals surface area contributed by atoms with Gasteiger partial charge in [0.25, 0.3) is 5.91 Å². The lowest BCUT2D eigenvalue weighted by atomic mass is 10.0. The first-order valence-corrected chi connectivity index (χ1v) is 7.16. The zero-order chi connectivity index (χ0) is 17.3. The average Bonchev–Trinajstić information content (AvgIpc) is 2.98. The Morgan fingerprint density at radius 2 is 1.96 bits per heavy atom. The van der Waals surface area contributed by atoms with Crippen molar-refractivity contribution in [1.29, 1.82) is 0 Å². The number of amides is 1. The van der Waals surface area contributed by atoms with Crippen LogP contribution in [0, 0.1) is 5.82 Å². The number of furan rings is 1. The van der Waals surface area contributed by atoms with Crippen LogP contribution in [0.15, 0.2) is 40.8 Å². The van der Waals surface area contributed by atoms with Crippen LogP contribution in [0.1, 0.15) is 20.7 Å². The zero-order valence-electron chi connectivity index (χ0n) is 13.1. The van der Waals surface area contributed by atoms with Gasteiger partial charge in [-0.3, -0.25) is 9.59 Å². The molecule has 1 amide bonds. The fourth-order valence-electron chi connectivity index (χ4n) is 2.56. The number of aldehydes is 1. The van der Waals surface area contributed by atoms with Gasteiger partial charge in [-0.25, -0.2) is 4.39 Å². The predicted octanol–water partition coefficient (Wildman–Crippen LogP) is 3.42. The summed E-state index contributed by atoms with van der Waals surface area (Å²) >= 11 is 0. The van der Waals surface area contributed by atoms with Gasteiger partial charge in [0.15, 0.2) is 6.29 Å². The second-order valence-corrected chi connectivity index (χ2v) is 5.10. The fourth-order valence-corrected chi connectivity index (χ4v) is 2.56. The summed E-state index contributed by atoms with van der Waals surface area (Å²) in [6.45, 7) is 0. The van der Waals surface area contributed by atoms with Crippen LogP contribution in [-0.2, 0) is 0 Å². The average molecular weight is 327 g/mol. The Kier molecular flexibility index (Phi) is 4.04. The molecule has 0 saturated carbocycles. The Labute approximate surface area is 137 Å². The summed E-state index contributed by atoms with van der Waals surface area (Å²) in [6.07, 6.45) is 0.651. The van der Waals surface area contributed by atoms with Crippen molar-refractivity contribution in [1.82, 2.24) is 5.32 Å². The number of benzene rings is 2. The molecular weight excluding hydrogens is 313 g/mol. The molecule has 1 N–H and O–H groups in total. The second-order valence-electron chi connectivity index (χ2n) is 5.10. The van der Waals surface area contributed by atoms with E-state index in [9.17, 15) is 14.0 Å². The Morgan fingerprint density at radius 3 is 2.54 bits per heavy atom. The topological polar surface area (TPSA) is 68.5 Å². The molecule has 24 heavy (non-hydrogen) atoms. The third-order valence-electron chi connectivity index (χ3n) is 3.73. The van der Waals surface area contributed by atoms with Gasteiger partial charge in [0.2, 0.25) is 0 Å². The Balaban J connectivity index is 2.34. The van der Waals surface area contributed by atoms with Crippen molar-refractivity contribution in [2.45, 2.75) is 0 Å². The quantitative estimate of drug-likeness (QED) is 0.746. The van der Waals surface area contributed by atoms with Crippen LogP contribution in [0.4, 0.5) is 4.39 Å². The molecule has 6 heteroatoms. The smallest absolute Gasteiger partial charge is 0.255 e. The molecule has 3 rings (SSSR count). The van der Waals surface area contributed by atoms with Crippen molar-refractivity contribution in [2.24, 2.45) is 0 Å². The maximum atomic E-state index is 13.2. The molecular formula is C18H14FNO4. The lowest BCUT2D eigenvalue weighted by Crippen LogP contribution is -2.18. The number of hydrogen-bond acceptors (Lipinski definition) is 4. The summed E-state index contributed by atoms with van der Waals surface area (Å²) in [5.74, 6) is -0.0983. The number of ether oxygens (including phenoxy) is 1. The highest BCUT2D eigenvalue weighted by molar-refractivity contribution is 6.12. The Bertz CT molecular complexity index is 928. The van der Waals surface area contributed by atoms with Gasteiger partial charge in [-0.15, -0.1) is 0 Å². The van der Waals surface area contributed by atoms with Gasteiger partial charge >= 0.3 is 0 Å². The molecule has 0 spiro atoms. The van der Waals surface area contributed by atoms with Crippen LogP contribution in [0.25, 0.3) is 22.3 Å². The minimum atomic E-state index is -0.388. The number of hydrogen-bond donors (Lipinski definition) is 1. The first kappa shape index (κ1) is 15.7. The fraction of sp³-hybridized carbons (Fsp3) is 0.111. The van der Waals surface area contributed by atoms with E-state index in [1.54, 1.807) is 6.07 Å². The third kappa shape index (κ3) is 2.52. The van der Waals surface area contributed by atoms with E-state index in [1.807, 2.05) is 0 Å². The number of halogens is 1. The molecule has 0 aliphatic carbocycles. The Morgan fingerprint density at radius 1 is 1.25 bits per heavy atom. The first-order valence-electron chi connectivity index (χ1n) is 7.16. The molecule has 1 heterocycles. The van der Waals surface area contributed by atoms with E-state index in [4.69, 9.17) is 9.15 Å². The molecule has 0 fully saturated rings. The summed E-state index contributed by atoms with van der Waals surface area (Å²) in [7, 11) is 2.95. The summed E-state index contributed by atoms with van der Waals surface area (Å²) < 4.78 is 24.1. The minimum Gasteiger partial charge on any atom is -0.496 e. The molecule has 0 unspecified atom stereocenters. The SMILES string of the molecule is CNC(=O)c1c(-c2ccc(F)cc2)oc2cc(C=O)c(OC)cc12. The van der Waals surface area contributed by atoms with Crippen molar-refractivity contribution in [3.8, 4) is 17.1 Å². The number of methoxy groups -OCH3 is 1. The van der Waals surface area contributed by atoms with Crippen LogP contribution >= 0.6 is 0 Å². The zero-order valence-corrected chi connectivity index (χ0v) is 13.1. The van der Waals surface area contributed by atoms with Crippen LogP contribution in [0.2, 0.25) is 0 Å². The standard InChI is InChI=1S/C18H14FNO4/c1-20-18(22)16-13-8-14(23-2)11(9-21)7-15(13)24-17(16)10-3-5-12(19)6-4-10/h3-9H,1-2H3,(H,20,22). The molecule has 0 atom stereocenters. The molecule has 0 saturated heterocycles. The number of carbonyl (C=O) groups is 2. The van der Waals surface area contributed by atoms with Crippen LogP contribution < -0.4 is 10.1 Å². The normalized spacial score (nSPS) is 10.6. The molecule has 0 radical (unpaired) electrons. The van der Waals surface area contributed by atoms with Gasteiger partial charge in [-0.05, 0) is 36.4 Å². The predicted molar refractivity (Wildman–Crippen MR) is 86.9 cm³/mol. The summed E-state index contributed by atoms with van der Waals surface area (Å²) in [5, 5.41) is 3.07. The first-order chi connectivity index (χ1) is 11.6. The van der Waals surface area contributed by atoms with Crippen molar-refractivity contribution >= 4 is 23.2 Å². The van der Waals surface area contributed by atoms with E-state index in [0.29, 0.717) is 45.5 Å². The summed E-state index contributed by atoms with van der Waals surface area (Å²) in [5.41, 5.74) is 1.54. The van der Waals surface area contributed by atoms with E-state index >= 15 is 0 Å². The second kappa shape index (κ2) is 6.16. The van der Waals surface area contributed by atoms with E-state index in [1.165, 1.54) is 44.5 Å². The maximum absolute atomic E-state index is 13.2. The third-order valence-corrected chi connectivity index (χ3v) is 3.73. The summed E-state index contributed by atoms with van der Waals surface area (Å²) in [4.78, 5) is 23.5. The van der Waals surface area contributed by atoms with E-state index in [0.717, 1.165) is 0 Å². The van der Waals surface area contributed by atoms with Gasteiger partial charge in [0.1, 0.15) is 22.9 Å². The number of nitrogens with one attached hydrogen (secondary N) is 1. The lowest BCUT2D eigenvalue weighted by Gasteiger charge is -2.04. The molecule has 3 aromatic rings. The molecule has 0 bridgehead atoms. The lowest BCUT2D eigenvalue weighted by molar-refractivity contribution is 0.0964. The highest BCUT2D eigenvalue weighted by atomic mass is 19.1. The molecule has 1 aromatic heterocycles. The van der Waals surface area contributed by atoms with Gasteiger partial charge < -0.3 is 14.5 Å². The maximum Gasteiger partial charge on any atom is 0.255 e. The van der Waals surface area contributed by atoms with Crippen molar-refractivity contribution in [3.05, 3.63) is 53.3 Å². The summed E-state index contributed by atoms with van der Waals surface area (Å²) in [6, 6.07) is 8.72.